The number of aliphatic carboxylic acids is 1. The van der Waals surface area contributed by atoms with Gasteiger partial charge in [-0.3, -0.25) is 0 Å². The lowest BCUT2D eigenvalue weighted by Crippen LogP contribution is -2.35. The number of carboxylic acids is 1. The first-order chi connectivity index (χ1) is 15.6. The van der Waals surface area contributed by atoms with E-state index in [0.717, 1.165) is 45.3 Å². The summed E-state index contributed by atoms with van der Waals surface area (Å²) in [6, 6.07) is 8.09. The standard InChI is InChI=1S/C27H42O5/c1-4-7-8-9-16-30-18-22-24-14-15-25(32-24)26(22)21(11-5-2)19-12-10-13-20(17-19)31-23(6-3)27(28)29/h10,12-13,17,21-26H,4-9,11,14-16,18H2,1-3H3,(H,28,29). The summed E-state index contributed by atoms with van der Waals surface area (Å²) >= 11 is 0. The monoisotopic (exact) mass is 446 g/mol. The fourth-order valence-electron chi connectivity index (χ4n) is 5.62. The second-order valence-electron chi connectivity index (χ2n) is 9.49. The van der Waals surface area contributed by atoms with Crippen LogP contribution in [-0.2, 0) is 14.3 Å². The molecule has 1 aromatic carbocycles. The summed E-state index contributed by atoms with van der Waals surface area (Å²) in [4.78, 5) is 11.4. The Bertz CT molecular complexity index is 705. The minimum absolute atomic E-state index is 0.303. The Kier molecular flexibility index (Phi) is 9.86. The maximum atomic E-state index is 11.4. The van der Waals surface area contributed by atoms with Crippen molar-refractivity contribution in [3.05, 3.63) is 29.8 Å². The third-order valence-corrected chi connectivity index (χ3v) is 7.21. The zero-order valence-electron chi connectivity index (χ0n) is 20.1. The van der Waals surface area contributed by atoms with Crippen LogP contribution in [0.25, 0.3) is 0 Å². The van der Waals surface area contributed by atoms with E-state index in [9.17, 15) is 9.90 Å². The molecule has 1 N–H and O–H groups in total. The molecule has 0 radical (unpaired) electrons. The van der Waals surface area contributed by atoms with Gasteiger partial charge in [-0.05, 0) is 61.6 Å². The van der Waals surface area contributed by atoms with Crippen molar-refractivity contribution in [1.29, 1.82) is 0 Å². The van der Waals surface area contributed by atoms with Gasteiger partial charge in [0.1, 0.15) is 5.75 Å². The largest absolute Gasteiger partial charge is 0.479 e. The van der Waals surface area contributed by atoms with E-state index in [1.54, 1.807) is 0 Å². The Hall–Kier alpha value is -1.59. The van der Waals surface area contributed by atoms with Gasteiger partial charge in [-0.25, -0.2) is 4.79 Å². The minimum Gasteiger partial charge on any atom is -0.479 e. The van der Waals surface area contributed by atoms with E-state index >= 15 is 0 Å². The van der Waals surface area contributed by atoms with Crippen LogP contribution in [0.5, 0.6) is 5.75 Å². The first-order valence-corrected chi connectivity index (χ1v) is 12.8. The zero-order chi connectivity index (χ0) is 22.9. The van der Waals surface area contributed by atoms with E-state index in [2.05, 4.69) is 26.0 Å². The Balaban J connectivity index is 1.71. The second kappa shape index (κ2) is 12.6. The first kappa shape index (κ1) is 25.0. The highest BCUT2D eigenvalue weighted by atomic mass is 16.5. The molecule has 0 aromatic heterocycles. The molecule has 0 saturated carbocycles. The Morgan fingerprint density at radius 3 is 2.66 bits per heavy atom. The van der Waals surface area contributed by atoms with Crippen LogP contribution in [0.2, 0.25) is 0 Å². The van der Waals surface area contributed by atoms with E-state index in [1.807, 2.05) is 19.1 Å². The summed E-state index contributed by atoms with van der Waals surface area (Å²) in [6.45, 7) is 7.93. The van der Waals surface area contributed by atoms with E-state index in [1.165, 1.54) is 24.8 Å². The molecule has 6 atom stereocenters. The number of fused-ring (bicyclic) bond motifs is 2. The number of rotatable bonds is 15. The molecular formula is C27H42O5. The molecule has 0 amide bonds. The molecule has 0 spiro atoms. The highest BCUT2D eigenvalue weighted by Crippen LogP contribution is 2.51. The third-order valence-electron chi connectivity index (χ3n) is 7.21. The van der Waals surface area contributed by atoms with Crippen molar-refractivity contribution in [3.63, 3.8) is 0 Å². The van der Waals surface area contributed by atoms with Gasteiger partial charge in [0, 0.05) is 12.5 Å². The van der Waals surface area contributed by atoms with Crippen LogP contribution in [0.15, 0.2) is 24.3 Å². The van der Waals surface area contributed by atoms with Crippen molar-refractivity contribution in [3.8, 4) is 5.75 Å². The lowest BCUT2D eigenvalue weighted by Gasteiger charge is -2.35. The van der Waals surface area contributed by atoms with Gasteiger partial charge < -0.3 is 19.3 Å². The lowest BCUT2D eigenvalue weighted by atomic mass is 9.69. The highest BCUT2D eigenvalue weighted by molar-refractivity contribution is 5.72. The zero-order valence-corrected chi connectivity index (χ0v) is 20.1. The predicted molar refractivity (Wildman–Crippen MR) is 126 cm³/mol. The molecule has 3 rings (SSSR count). The maximum Gasteiger partial charge on any atom is 0.344 e. The van der Waals surface area contributed by atoms with Crippen molar-refractivity contribution < 1.29 is 24.1 Å². The summed E-state index contributed by atoms with van der Waals surface area (Å²) in [7, 11) is 0. The normalized spacial score (nSPS) is 26.2. The first-order valence-electron chi connectivity index (χ1n) is 12.8. The van der Waals surface area contributed by atoms with E-state index in [4.69, 9.17) is 14.2 Å². The SMILES string of the molecule is CCCCCCOCC1C2CCC(O2)C1C(CCC)c1cccc(OC(CC)C(=O)O)c1. The molecule has 2 bridgehead atoms. The van der Waals surface area contributed by atoms with E-state index in [-0.39, 0.29) is 0 Å². The van der Waals surface area contributed by atoms with Crippen LogP contribution < -0.4 is 4.74 Å². The van der Waals surface area contributed by atoms with Crippen molar-refractivity contribution >= 4 is 5.97 Å². The average molecular weight is 447 g/mol. The average Bonchev–Trinajstić information content (AvgIpc) is 3.40. The number of ether oxygens (including phenoxy) is 3. The molecule has 32 heavy (non-hydrogen) atoms. The van der Waals surface area contributed by atoms with Crippen LogP contribution in [0.1, 0.15) is 90.0 Å². The van der Waals surface area contributed by atoms with Crippen LogP contribution in [-0.4, -0.2) is 42.6 Å². The number of unbranched alkanes of at least 4 members (excludes halogenated alkanes) is 3. The molecule has 2 aliphatic heterocycles. The molecule has 5 nitrogen and oxygen atoms in total. The predicted octanol–water partition coefficient (Wildman–Crippen LogP) is 6.20. The molecule has 2 aliphatic rings. The third kappa shape index (κ3) is 6.26. The highest BCUT2D eigenvalue weighted by Gasteiger charge is 2.51. The molecular weight excluding hydrogens is 404 g/mol. The van der Waals surface area contributed by atoms with Gasteiger partial charge in [-0.15, -0.1) is 0 Å². The number of carboxylic acid groups (broad SMARTS) is 1. The van der Waals surface area contributed by atoms with E-state index < -0.39 is 12.1 Å². The Morgan fingerprint density at radius 1 is 1.12 bits per heavy atom. The molecule has 6 unspecified atom stereocenters. The smallest absolute Gasteiger partial charge is 0.344 e. The number of carbonyl (C=O) groups is 1. The van der Waals surface area contributed by atoms with Gasteiger partial charge >= 0.3 is 5.97 Å². The Morgan fingerprint density at radius 2 is 1.94 bits per heavy atom. The molecule has 2 heterocycles. The van der Waals surface area contributed by atoms with Gasteiger partial charge in [0.05, 0.1) is 18.8 Å². The van der Waals surface area contributed by atoms with Gasteiger partial charge in [-0.2, -0.15) is 0 Å². The molecule has 1 aromatic rings. The van der Waals surface area contributed by atoms with Crippen LogP contribution in [0.4, 0.5) is 0 Å². The van der Waals surface area contributed by atoms with Gasteiger partial charge in [0.25, 0.3) is 0 Å². The van der Waals surface area contributed by atoms with Gasteiger partial charge in [0.2, 0.25) is 0 Å². The summed E-state index contributed by atoms with van der Waals surface area (Å²) in [6.07, 6.45) is 9.62. The fraction of sp³-hybridized carbons (Fsp3) is 0.741. The Labute approximate surface area is 193 Å². The van der Waals surface area contributed by atoms with Gasteiger partial charge in [0.15, 0.2) is 6.10 Å². The van der Waals surface area contributed by atoms with Crippen LogP contribution in [0.3, 0.4) is 0 Å². The molecule has 5 heteroatoms. The summed E-state index contributed by atoms with van der Waals surface area (Å²) < 4.78 is 18.4. The lowest BCUT2D eigenvalue weighted by molar-refractivity contribution is -0.145. The minimum atomic E-state index is -0.916. The molecule has 2 saturated heterocycles. The van der Waals surface area contributed by atoms with Crippen molar-refractivity contribution in [2.75, 3.05) is 13.2 Å². The summed E-state index contributed by atoms with van der Waals surface area (Å²) in [5.74, 6) is 0.980. The van der Waals surface area contributed by atoms with Crippen molar-refractivity contribution in [2.24, 2.45) is 11.8 Å². The van der Waals surface area contributed by atoms with Crippen LogP contribution >= 0.6 is 0 Å². The molecule has 180 valence electrons. The quantitative estimate of drug-likeness (QED) is 0.325. The number of hydrogen-bond acceptors (Lipinski definition) is 4. The molecule has 2 fully saturated rings. The van der Waals surface area contributed by atoms with Crippen molar-refractivity contribution in [1.82, 2.24) is 0 Å². The second-order valence-corrected chi connectivity index (χ2v) is 9.49. The summed E-state index contributed by atoms with van der Waals surface area (Å²) in [5, 5.41) is 9.37. The van der Waals surface area contributed by atoms with Gasteiger partial charge in [-0.1, -0.05) is 58.6 Å². The maximum absolute atomic E-state index is 11.4. The summed E-state index contributed by atoms with van der Waals surface area (Å²) in [5.41, 5.74) is 1.23. The molecule has 0 aliphatic carbocycles. The fourth-order valence-corrected chi connectivity index (χ4v) is 5.62. The number of benzene rings is 1. The topological polar surface area (TPSA) is 65.0 Å². The van der Waals surface area contributed by atoms with Crippen LogP contribution in [0, 0.1) is 11.8 Å². The number of hydrogen-bond donors (Lipinski definition) is 1. The van der Waals surface area contributed by atoms with E-state index in [0.29, 0.717) is 42.1 Å². The van der Waals surface area contributed by atoms with Crippen molar-refractivity contribution in [2.45, 2.75) is 103 Å².